The first-order chi connectivity index (χ1) is 18.8. The van der Waals surface area contributed by atoms with Crippen LogP contribution in [0.3, 0.4) is 0 Å². The number of nitrogens with one attached hydrogen (secondary N) is 1. The van der Waals surface area contributed by atoms with Crippen molar-refractivity contribution in [1.82, 2.24) is 15.4 Å². The van der Waals surface area contributed by atoms with Gasteiger partial charge in [-0.2, -0.15) is 0 Å². The van der Waals surface area contributed by atoms with Gasteiger partial charge in [0.25, 0.3) is 5.91 Å². The average molecular weight is 537 g/mol. The molecule has 1 amide bonds. The Morgan fingerprint density at radius 2 is 1.82 bits per heavy atom. The Hall–Kier alpha value is -3.72. The molecule has 2 fully saturated rings. The van der Waals surface area contributed by atoms with Crippen LogP contribution in [0.15, 0.2) is 70.9 Å². The Balaban J connectivity index is 1.37. The van der Waals surface area contributed by atoms with E-state index in [0.29, 0.717) is 23.3 Å². The molecule has 1 aromatic heterocycles. The molecule has 0 spiro atoms. The number of benzene rings is 1. The van der Waals surface area contributed by atoms with Gasteiger partial charge in [0.1, 0.15) is 28.8 Å². The van der Waals surface area contributed by atoms with Crippen LogP contribution in [-0.4, -0.2) is 65.4 Å². The number of aliphatic hydroxyl groups excluding tert-OH is 2. The van der Waals surface area contributed by atoms with Gasteiger partial charge in [-0.1, -0.05) is 31.0 Å². The number of aromatic nitrogens is 1. The van der Waals surface area contributed by atoms with Gasteiger partial charge >= 0.3 is 0 Å². The number of hydrogen-bond acceptors (Lipinski definition) is 8. The number of amides is 1. The lowest BCUT2D eigenvalue weighted by Crippen LogP contribution is -2.48. The monoisotopic (exact) mass is 536 g/mol. The first-order valence-electron chi connectivity index (χ1n) is 13.7. The molecule has 9 heteroatoms. The number of rotatable bonds is 10. The number of likely N-dealkylation sites (tertiary alicyclic amines) is 1. The highest BCUT2D eigenvalue weighted by molar-refractivity contribution is 5.92. The molecule has 1 saturated carbocycles. The van der Waals surface area contributed by atoms with Gasteiger partial charge in [0.05, 0.1) is 6.42 Å². The second kappa shape index (κ2) is 13.4. The van der Waals surface area contributed by atoms with Gasteiger partial charge in [0.2, 0.25) is 0 Å². The van der Waals surface area contributed by atoms with E-state index in [0.717, 1.165) is 37.7 Å². The van der Waals surface area contributed by atoms with Gasteiger partial charge in [-0.25, -0.2) is 0 Å². The summed E-state index contributed by atoms with van der Waals surface area (Å²) in [5.41, 5.74) is 1.22. The molecule has 210 valence electrons. The molecule has 4 rings (SSSR count). The summed E-state index contributed by atoms with van der Waals surface area (Å²) in [6, 6.07) is 9.86. The highest BCUT2D eigenvalue weighted by atomic mass is 16.5. The summed E-state index contributed by atoms with van der Waals surface area (Å²) in [7, 11) is 3.90. The minimum atomic E-state index is -0.290. The van der Waals surface area contributed by atoms with E-state index in [9.17, 15) is 15.0 Å². The van der Waals surface area contributed by atoms with Crippen molar-refractivity contribution in [2.24, 2.45) is 0 Å². The van der Waals surface area contributed by atoms with E-state index in [1.165, 1.54) is 38.2 Å². The Labute approximate surface area is 230 Å². The van der Waals surface area contributed by atoms with Crippen molar-refractivity contribution in [1.29, 1.82) is 0 Å². The number of anilines is 1. The molecule has 0 radical (unpaired) electrons. The number of aliphatic hydroxyl groups is 2. The fourth-order valence-corrected chi connectivity index (χ4v) is 5.25. The molecule has 0 unspecified atom stereocenters. The molecular formula is C30H40N4O5. The lowest BCUT2D eigenvalue weighted by atomic mass is 9.92. The number of hydrogen-bond donors (Lipinski definition) is 3. The van der Waals surface area contributed by atoms with E-state index < -0.39 is 0 Å². The Bertz CT molecular complexity index is 1170. The Kier molecular flexibility index (Phi) is 9.70. The number of nitrogens with zero attached hydrogens (tertiary/aromatic N) is 3. The lowest BCUT2D eigenvalue weighted by Gasteiger charge is -2.39. The molecule has 2 heterocycles. The first-order valence-corrected chi connectivity index (χ1v) is 13.7. The predicted octanol–water partition coefficient (Wildman–Crippen LogP) is 5.29. The van der Waals surface area contributed by atoms with Crippen LogP contribution in [0, 0.1) is 0 Å². The normalized spacial score (nSPS) is 18.1. The van der Waals surface area contributed by atoms with Gasteiger partial charge in [-0.3, -0.25) is 4.79 Å². The standard InChI is InChI=1S/C30H40N4O5/c1-21(35)17-25(36)18-27(38-26-11-9-23(10-12-26)33(2)3)19-28-20-29(32-39-28)30(37)31-22-13-15-34(16-14-22)24-7-5-4-6-8-24/h9-12,17-18,20,22,24,35-36H,1,4-8,13-16,19H2,2-3H3,(H,31,37)/b25-17+,27-18+. The van der Waals surface area contributed by atoms with Gasteiger partial charge in [0.15, 0.2) is 5.69 Å². The second-order valence-electron chi connectivity index (χ2n) is 10.6. The van der Waals surface area contributed by atoms with Crippen LogP contribution >= 0.6 is 0 Å². The van der Waals surface area contributed by atoms with Crippen LogP contribution in [0.1, 0.15) is 61.2 Å². The van der Waals surface area contributed by atoms with Crippen LogP contribution < -0.4 is 15.0 Å². The molecule has 2 aromatic rings. The average Bonchev–Trinajstić information content (AvgIpc) is 3.38. The van der Waals surface area contributed by atoms with Crippen LogP contribution in [0.25, 0.3) is 0 Å². The zero-order valence-corrected chi connectivity index (χ0v) is 22.9. The molecule has 1 saturated heterocycles. The van der Waals surface area contributed by atoms with Crippen LogP contribution in [0.2, 0.25) is 0 Å². The van der Waals surface area contributed by atoms with Crippen molar-refractivity contribution in [3.8, 4) is 5.75 Å². The predicted molar refractivity (Wildman–Crippen MR) is 151 cm³/mol. The Morgan fingerprint density at radius 3 is 2.46 bits per heavy atom. The number of carbonyl (C=O) groups is 1. The number of allylic oxidation sites excluding steroid dienone is 3. The maximum Gasteiger partial charge on any atom is 0.273 e. The van der Waals surface area contributed by atoms with Gasteiger partial charge < -0.3 is 34.6 Å². The lowest BCUT2D eigenvalue weighted by molar-refractivity contribution is 0.0857. The quantitative estimate of drug-likeness (QED) is 0.278. The summed E-state index contributed by atoms with van der Waals surface area (Å²) in [5, 5.41) is 26.7. The number of carbonyl (C=O) groups excluding carboxylic acids is 1. The highest BCUT2D eigenvalue weighted by Gasteiger charge is 2.27. The van der Waals surface area contributed by atoms with E-state index >= 15 is 0 Å². The Morgan fingerprint density at radius 1 is 1.13 bits per heavy atom. The molecule has 2 aliphatic rings. The minimum absolute atomic E-state index is 0.120. The van der Waals surface area contributed by atoms with E-state index in [-0.39, 0.29) is 35.6 Å². The van der Waals surface area contributed by atoms with E-state index in [4.69, 9.17) is 9.26 Å². The maximum absolute atomic E-state index is 12.9. The summed E-state index contributed by atoms with van der Waals surface area (Å²) >= 11 is 0. The van der Waals surface area contributed by atoms with Gasteiger partial charge in [-0.15, -0.1) is 0 Å². The van der Waals surface area contributed by atoms with Gasteiger partial charge in [-0.05, 0) is 49.9 Å². The van der Waals surface area contributed by atoms with E-state index in [1.807, 2.05) is 43.3 Å². The second-order valence-corrected chi connectivity index (χ2v) is 10.6. The third-order valence-electron chi connectivity index (χ3n) is 7.32. The molecule has 3 N–H and O–H groups in total. The summed E-state index contributed by atoms with van der Waals surface area (Å²) in [4.78, 5) is 17.5. The molecule has 9 nitrogen and oxygen atoms in total. The van der Waals surface area contributed by atoms with Crippen molar-refractivity contribution in [3.05, 3.63) is 77.8 Å². The molecule has 0 atom stereocenters. The van der Waals surface area contributed by atoms with Crippen LogP contribution in [0.4, 0.5) is 5.69 Å². The SMILES string of the molecule is C=C(O)/C=C(O)\C=C(/Cc1cc(C(=O)NC2CCN(C3CCCCC3)CC2)no1)Oc1ccc(N(C)C)cc1. The highest BCUT2D eigenvalue weighted by Crippen LogP contribution is 2.26. The van der Waals surface area contributed by atoms with E-state index in [2.05, 4.69) is 22.0 Å². The fourth-order valence-electron chi connectivity index (χ4n) is 5.25. The van der Waals surface area contributed by atoms with E-state index in [1.54, 1.807) is 6.07 Å². The zero-order valence-electron chi connectivity index (χ0n) is 22.9. The fraction of sp³-hybridized carbons (Fsp3) is 0.467. The van der Waals surface area contributed by atoms with Crippen molar-refractivity contribution in [2.45, 2.75) is 63.5 Å². The van der Waals surface area contributed by atoms with Gasteiger partial charge in [0, 0.05) is 63.2 Å². The summed E-state index contributed by atoms with van der Waals surface area (Å²) in [6.45, 7) is 5.39. The van der Waals surface area contributed by atoms with Crippen molar-refractivity contribution in [3.63, 3.8) is 0 Å². The zero-order chi connectivity index (χ0) is 27.8. The molecule has 39 heavy (non-hydrogen) atoms. The first kappa shape index (κ1) is 28.3. The number of piperidine rings is 1. The largest absolute Gasteiger partial charge is 0.508 e. The third-order valence-corrected chi connectivity index (χ3v) is 7.32. The summed E-state index contributed by atoms with van der Waals surface area (Å²) in [6.07, 6.45) is 11.1. The minimum Gasteiger partial charge on any atom is -0.508 e. The molecule has 1 aromatic carbocycles. The molecule has 1 aliphatic carbocycles. The van der Waals surface area contributed by atoms with Crippen molar-refractivity contribution >= 4 is 11.6 Å². The van der Waals surface area contributed by atoms with Crippen LogP contribution in [0.5, 0.6) is 5.75 Å². The smallest absolute Gasteiger partial charge is 0.273 e. The summed E-state index contributed by atoms with van der Waals surface area (Å²) < 4.78 is 11.4. The number of ether oxygens (including phenoxy) is 1. The van der Waals surface area contributed by atoms with Crippen molar-refractivity contribution < 1.29 is 24.3 Å². The molecule has 0 bridgehead atoms. The van der Waals surface area contributed by atoms with Crippen molar-refractivity contribution in [2.75, 3.05) is 32.1 Å². The summed E-state index contributed by atoms with van der Waals surface area (Å²) in [5.74, 6) is 0.506. The van der Waals surface area contributed by atoms with Crippen LogP contribution in [-0.2, 0) is 6.42 Å². The topological polar surface area (TPSA) is 111 Å². The third kappa shape index (κ3) is 8.38. The molecule has 1 aliphatic heterocycles. The maximum atomic E-state index is 12.9. The molecular weight excluding hydrogens is 496 g/mol.